The van der Waals surface area contributed by atoms with Gasteiger partial charge in [0.25, 0.3) is 0 Å². The molecular weight excluding hydrogens is 218 g/mol. The van der Waals surface area contributed by atoms with Crippen molar-refractivity contribution in [2.75, 3.05) is 19.0 Å². The summed E-state index contributed by atoms with van der Waals surface area (Å²) < 4.78 is 0. The van der Waals surface area contributed by atoms with E-state index in [0.29, 0.717) is 0 Å². The molecule has 0 heterocycles. The van der Waals surface area contributed by atoms with Gasteiger partial charge in [0.1, 0.15) is 0 Å². The minimum atomic E-state index is -0.681. The average molecular weight is 232 g/mol. The van der Waals surface area contributed by atoms with Gasteiger partial charge < -0.3 is 0 Å². The predicted molar refractivity (Wildman–Crippen MR) is 49.3 cm³/mol. The Balaban J connectivity index is 3.36. The Bertz CT molecular complexity index is 46.0. The van der Waals surface area contributed by atoms with Gasteiger partial charge in [-0.1, -0.05) is 0 Å². The first kappa shape index (κ1) is 8.16. The van der Waals surface area contributed by atoms with Crippen LogP contribution in [-0.2, 0) is 0 Å². The van der Waals surface area contributed by atoms with Crippen LogP contribution in [0.5, 0.6) is 0 Å². The van der Waals surface area contributed by atoms with E-state index >= 15 is 0 Å². The first-order valence-corrected chi connectivity index (χ1v) is 8.84. The van der Waals surface area contributed by atoms with E-state index in [9.17, 15) is 0 Å². The standard InChI is InChI=1S/C5H14IP/c1-4-7(3,6)5-2/h7H,4-5H2,1-3H3. The first-order valence-electron chi connectivity index (χ1n) is 2.81. The summed E-state index contributed by atoms with van der Waals surface area (Å²) in [7, 11) is 0. The SMILES string of the molecule is CC[PH](C)(I)CC. The molecule has 7 heavy (non-hydrogen) atoms. The fourth-order valence-electron chi connectivity index (χ4n) is 0.250. The van der Waals surface area contributed by atoms with Crippen LogP contribution in [0.3, 0.4) is 0 Å². The third-order valence-electron chi connectivity index (χ3n) is 1.47. The Hall–Kier alpha value is 1.16. The van der Waals surface area contributed by atoms with Crippen molar-refractivity contribution in [3.05, 3.63) is 0 Å². The van der Waals surface area contributed by atoms with Gasteiger partial charge in [-0.2, -0.15) is 0 Å². The molecule has 0 aromatic heterocycles. The fraction of sp³-hybridized carbons (Fsp3) is 1.00. The van der Waals surface area contributed by atoms with E-state index in [-0.39, 0.29) is 0 Å². The van der Waals surface area contributed by atoms with Crippen LogP contribution < -0.4 is 0 Å². The van der Waals surface area contributed by atoms with Crippen molar-refractivity contribution in [1.29, 1.82) is 0 Å². The van der Waals surface area contributed by atoms with E-state index in [4.69, 9.17) is 0 Å². The molecule has 0 fully saturated rings. The van der Waals surface area contributed by atoms with Gasteiger partial charge in [0.05, 0.1) is 0 Å². The fourth-order valence-corrected chi connectivity index (χ4v) is 0.750. The molecule has 0 aromatic rings. The topological polar surface area (TPSA) is 0 Å². The van der Waals surface area contributed by atoms with Crippen LogP contribution in [-0.4, -0.2) is 19.0 Å². The molecule has 46 valence electrons. The quantitative estimate of drug-likeness (QED) is 0.507. The van der Waals surface area contributed by atoms with Crippen molar-refractivity contribution in [2.45, 2.75) is 13.8 Å². The summed E-state index contributed by atoms with van der Waals surface area (Å²) in [6, 6.07) is 0. The van der Waals surface area contributed by atoms with Gasteiger partial charge in [0.15, 0.2) is 0 Å². The van der Waals surface area contributed by atoms with E-state index in [0.717, 1.165) is 0 Å². The molecule has 0 amide bonds. The second-order valence-corrected chi connectivity index (χ2v) is 14.2. The van der Waals surface area contributed by atoms with E-state index in [1.54, 1.807) is 0 Å². The van der Waals surface area contributed by atoms with Crippen molar-refractivity contribution in [2.24, 2.45) is 0 Å². The van der Waals surface area contributed by atoms with Crippen molar-refractivity contribution >= 4 is 26.9 Å². The molecule has 0 rings (SSSR count). The molecule has 0 unspecified atom stereocenters. The van der Waals surface area contributed by atoms with Gasteiger partial charge in [-0.15, -0.1) is 0 Å². The van der Waals surface area contributed by atoms with Gasteiger partial charge >= 0.3 is 59.8 Å². The number of rotatable bonds is 2. The summed E-state index contributed by atoms with van der Waals surface area (Å²) in [5, 5.41) is 0. The Labute approximate surface area is 59.9 Å². The van der Waals surface area contributed by atoms with E-state index in [2.05, 4.69) is 42.6 Å². The zero-order valence-corrected chi connectivity index (χ0v) is 8.45. The van der Waals surface area contributed by atoms with Gasteiger partial charge in [0, 0.05) is 0 Å². The second kappa shape index (κ2) is 3.24. The predicted octanol–water partition coefficient (Wildman–Crippen LogP) is 2.76. The number of hydrogen-bond donors (Lipinski definition) is 0. The molecule has 0 aromatic carbocycles. The van der Waals surface area contributed by atoms with Crippen LogP contribution in [0.2, 0.25) is 0 Å². The second-order valence-electron chi connectivity index (χ2n) is 2.12. The van der Waals surface area contributed by atoms with Gasteiger partial charge in [0.2, 0.25) is 0 Å². The van der Waals surface area contributed by atoms with Crippen molar-refractivity contribution in [1.82, 2.24) is 0 Å². The molecule has 0 saturated carbocycles. The average Bonchev–Trinajstić information content (AvgIpc) is 1.68. The zero-order valence-electron chi connectivity index (χ0n) is 5.29. The van der Waals surface area contributed by atoms with Gasteiger partial charge in [-0.05, 0) is 0 Å². The maximum absolute atomic E-state index is 2.64. The summed E-state index contributed by atoms with van der Waals surface area (Å²) in [5.74, 6) is 0. The van der Waals surface area contributed by atoms with Gasteiger partial charge in [-0.3, -0.25) is 0 Å². The molecule has 0 aliphatic carbocycles. The molecule has 0 aliphatic heterocycles. The summed E-state index contributed by atoms with van der Waals surface area (Å²) >= 11 is 2.64. The molecule has 0 nitrogen and oxygen atoms in total. The van der Waals surface area contributed by atoms with Crippen molar-refractivity contribution in [3.63, 3.8) is 0 Å². The molecule has 0 aliphatic rings. The minimum absolute atomic E-state index is 0.681. The van der Waals surface area contributed by atoms with Crippen LogP contribution in [0.15, 0.2) is 0 Å². The molecule has 0 radical (unpaired) electrons. The Morgan fingerprint density at radius 2 is 1.57 bits per heavy atom. The maximum atomic E-state index is 2.64. The van der Waals surface area contributed by atoms with Crippen LogP contribution in [0.1, 0.15) is 13.8 Å². The molecule has 0 saturated heterocycles. The third-order valence-corrected chi connectivity index (χ3v) is 9.00. The molecular formula is C5H14IP. The number of halogens is 1. The molecule has 2 heteroatoms. The molecule has 0 bridgehead atoms. The molecule has 0 atom stereocenters. The first-order chi connectivity index (χ1) is 3.12. The van der Waals surface area contributed by atoms with Crippen LogP contribution in [0, 0.1) is 0 Å². The van der Waals surface area contributed by atoms with Crippen LogP contribution >= 0.6 is 26.9 Å². The van der Waals surface area contributed by atoms with E-state index < -0.39 is 4.90 Å². The summed E-state index contributed by atoms with van der Waals surface area (Å²) in [5.41, 5.74) is 0. The Morgan fingerprint density at radius 3 is 1.57 bits per heavy atom. The summed E-state index contributed by atoms with van der Waals surface area (Å²) in [4.78, 5) is -0.681. The van der Waals surface area contributed by atoms with Gasteiger partial charge in [-0.25, -0.2) is 0 Å². The molecule has 0 spiro atoms. The van der Waals surface area contributed by atoms with Crippen LogP contribution in [0.4, 0.5) is 0 Å². The monoisotopic (exact) mass is 232 g/mol. The summed E-state index contributed by atoms with van der Waals surface area (Å²) in [6.45, 7) is 7.01. The molecule has 0 N–H and O–H groups in total. The zero-order chi connectivity index (χ0) is 5.91. The van der Waals surface area contributed by atoms with E-state index in [1.165, 1.54) is 12.3 Å². The number of hydrogen-bond acceptors (Lipinski definition) is 0. The Morgan fingerprint density at radius 1 is 1.29 bits per heavy atom. The third kappa shape index (κ3) is 3.72. The normalized spacial score (nSPS) is 14.3. The summed E-state index contributed by atoms with van der Waals surface area (Å²) in [6.07, 6.45) is 2.84. The van der Waals surface area contributed by atoms with Crippen molar-refractivity contribution < 1.29 is 0 Å². The van der Waals surface area contributed by atoms with E-state index in [1.807, 2.05) is 0 Å². The Kier molecular flexibility index (Phi) is 3.77. The van der Waals surface area contributed by atoms with Crippen LogP contribution in [0.25, 0.3) is 0 Å². The van der Waals surface area contributed by atoms with Crippen molar-refractivity contribution in [3.8, 4) is 0 Å².